The van der Waals surface area contributed by atoms with Crippen LogP contribution in [-0.2, 0) is 16.6 Å². The van der Waals surface area contributed by atoms with Gasteiger partial charge in [-0.3, -0.25) is 0 Å². The average molecular weight is 356 g/mol. The lowest BCUT2D eigenvalue weighted by molar-refractivity contribution is 0.340. The first kappa shape index (κ1) is 17.6. The van der Waals surface area contributed by atoms with Gasteiger partial charge in [0.25, 0.3) is 0 Å². The Bertz CT molecular complexity index is 760. The molecule has 0 bridgehead atoms. The second kappa shape index (κ2) is 7.68. The number of ether oxygens (including phenoxy) is 2. The van der Waals surface area contributed by atoms with Gasteiger partial charge in [0, 0.05) is 11.6 Å². The molecule has 0 amide bonds. The minimum atomic E-state index is -3.73. The van der Waals surface area contributed by atoms with E-state index in [1.165, 1.54) is 19.2 Å². The lowest BCUT2D eigenvalue weighted by atomic mass is 10.2. The number of rotatable bonds is 7. The summed E-state index contributed by atoms with van der Waals surface area (Å²) in [6, 6.07) is 11.7. The van der Waals surface area contributed by atoms with Gasteiger partial charge in [0.1, 0.15) is 16.4 Å². The van der Waals surface area contributed by atoms with Crippen molar-refractivity contribution in [3.63, 3.8) is 0 Å². The number of methoxy groups -OCH3 is 1. The van der Waals surface area contributed by atoms with Crippen molar-refractivity contribution in [1.82, 2.24) is 4.72 Å². The summed E-state index contributed by atoms with van der Waals surface area (Å²) in [6.07, 6.45) is 0. The maximum atomic E-state index is 12.4. The molecule has 1 N–H and O–H groups in total. The van der Waals surface area contributed by atoms with Crippen LogP contribution in [0.1, 0.15) is 12.5 Å². The lowest BCUT2D eigenvalue weighted by Gasteiger charge is -2.11. The molecule has 0 unspecified atom stereocenters. The number of sulfonamides is 1. The third kappa shape index (κ3) is 4.60. The van der Waals surface area contributed by atoms with Crippen LogP contribution in [0.4, 0.5) is 0 Å². The molecule has 23 heavy (non-hydrogen) atoms. The quantitative estimate of drug-likeness (QED) is 0.828. The lowest BCUT2D eigenvalue weighted by Crippen LogP contribution is -2.23. The highest BCUT2D eigenvalue weighted by Gasteiger charge is 2.19. The Morgan fingerprint density at radius 3 is 2.43 bits per heavy atom. The molecule has 0 saturated heterocycles. The van der Waals surface area contributed by atoms with Crippen LogP contribution in [0.15, 0.2) is 47.4 Å². The van der Waals surface area contributed by atoms with Crippen molar-refractivity contribution in [3.8, 4) is 11.5 Å². The Morgan fingerprint density at radius 1 is 1.13 bits per heavy atom. The molecular formula is C16H18ClNO4S. The van der Waals surface area contributed by atoms with Crippen LogP contribution >= 0.6 is 11.6 Å². The van der Waals surface area contributed by atoms with Crippen LogP contribution in [0, 0.1) is 0 Å². The van der Waals surface area contributed by atoms with E-state index in [4.69, 9.17) is 21.1 Å². The predicted molar refractivity (Wildman–Crippen MR) is 89.6 cm³/mol. The van der Waals surface area contributed by atoms with Gasteiger partial charge < -0.3 is 9.47 Å². The van der Waals surface area contributed by atoms with Crippen LogP contribution in [0.5, 0.6) is 11.5 Å². The van der Waals surface area contributed by atoms with Crippen molar-refractivity contribution in [2.75, 3.05) is 13.7 Å². The first-order valence-electron chi connectivity index (χ1n) is 7.01. The van der Waals surface area contributed by atoms with Crippen LogP contribution in [-0.4, -0.2) is 22.1 Å². The zero-order chi connectivity index (χ0) is 16.9. The number of halogens is 1. The van der Waals surface area contributed by atoms with E-state index < -0.39 is 10.0 Å². The molecule has 0 aliphatic heterocycles. The summed E-state index contributed by atoms with van der Waals surface area (Å²) in [7, 11) is -2.32. The van der Waals surface area contributed by atoms with E-state index in [2.05, 4.69) is 4.72 Å². The number of benzene rings is 2. The third-order valence-electron chi connectivity index (χ3n) is 3.12. The normalized spacial score (nSPS) is 11.3. The monoisotopic (exact) mass is 355 g/mol. The zero-order valence-corrected chi connectivity index (χ0v) is 14.4. The molecule has 0 aliphatic rings. The molecule has 7 heteroatoms. The molecule has 0 spiro atoms. The average Bonchev–Trinajstić information content (AvgIpc) is 2.54. The smallest absolute Gasteiger partial charge is 0.244 e. The largest absolute Gasteiger partial charge is 0.495 e. The molecule has 0 saturated carbocycles. The van der Waals surface area contributed by atoms with Crippen molar-refractivity contribution in [1.29, 1.82) is 0 Å². The molecule has 0 aromatic heterocycles. The topological polar surface area (TPSA) is 64.6 Å². The maximum absolute atomic E-state index is 12.4. The molecule has 2 aromatic rings. The molecule has 5 nitrogen and oxygen atoms in total. The Kier molecular flexibility index (Phi) is 5.87. The molecule has 124 valence electrons. The fourth-order valence-electron chi connectivity index (χ4n) is 1.99. The third-order valence-corrected chi connectivity index (χ3v) is 4.77. The summed E-state index contributed by atoms with van der Waals surface area (Å²) in [6.45, 7) is 2.64. The van der Waals surface area contributed by atoms with Crippen molar-refractivity contribution < 1.29 is 17.9 Å². The molecule has 0 radical (unpaired) electrons. The van der Waals surface area contributed by atoms with Gasteiger partial charge in [-0.2, -0.15) is 0 Å². The Balaban J connectivity index is 2.14. The van der Waals surface area contributed by atoms with Gasteiger partial charge in [-0.05, 0) is 42.8 Å². The van der Waals surface area contributed by atoms with E-state index >= 15 is 0 Å². The summed E-state index contributed by atoms with van der Waals surface area (Å²) >= 11 is 5.88. The van der Waals surface area contributed by atoms with Gasteiger partial charge >= 0.3 is 0 Å². The standard InChI is InChI=1S/C16H18ClNO4S/c1-3-22-14-7-4-12(5-8-14)11-18-23(19,20)16-10-13(17)6-9-15(16)21-2/h4-10,18H,3,11H2,1-2H3. The van der Waals surface area contributed by atoms with Gasteiger partial charge in [-0.25, -0.2) is 13.1 Å². The highest BCUT2D eigenvalue weighted by Crippen LogP contribution is 2.27. The molecule has 0 fully saturated rings. The van der Waals surface area contributed by atoms with Crippen molar-refractivity contribution in [3.05, 3.63) is 53.1 Å². The SMILES string of the molecule is CCOc1ccc(CNS(=O)(=O)c2cc(Cl)ccc2OC)cc1. The van der Waals surface area contributed by atoms with Crippen molar-refractivity contribution in [2.24, 2.45) is 0 Å². The molecule has 2 rings (SSSR count). The van der Waals surface area contributed by atoms with Gasteiger partial charge in [-0.1, -0.05) is 23.7 Å². The summed E-state index contributed by atoms with van der Waals surface area (Å²) < 4.78 is 37.8. The Labute approximate surface area is 141 Å². The van der Waals surface area contributed by atoms with Crippen molar-refractivity contribution in [2.45, 2.75) is 18.4 Å². The predicted octanol–water partition coefficient (Wildman–Crippen LogP) is 3.23. The van der Waals surface area contributed by atoms with Gasteiger partial charge in [0.2, 0.25) is 10.0 Å². The summed E-state index contributed by atoms with van der Waals surface area (Å²) in [4.78, 5) is 0.0124. The highest BCUT2D eigenvalue weighted by atomic mass is 35.5. The molecular weight excluding hydrogens is 338 g/mol. The first-order valence-corrected chi connectivity index (χ1v) is 8.87. The van der Waals surface area contributed by atoms with Crippen molar-refractivity contribution >= 4 is 21.6 Å². The van der Waals surface area contributed by atoms with Gasteiger partial charge in [0.15, 0.2) is 0 Å². The van der Waals surface area contributed by atoms with E-state index in [9.17, 15) is 8.42 Å². The van der Waals surface area contributed by atoms with E-state index in [1.807, 2.05) is 19.1 Å². The molecule has 0 atom stereocenters. The summed E-state index contributed by atoms with van der Waals surface area (Å²) in [5.41, 5.74) is 0.818. The summed E-state index contributed by atoms with van der Waals surface area (Å²) in [5.74, 6) is 0.990. The van der Waals surface area contributed by atoms with Crippen LogP contribution in [0.2, 0.25) is 5.02 Å². The van der Waals surface area contributed by atoms with Crippen LogP contribution < -0.4 is 14.2 Å². The minimum absolute atomic E-state index is 0.0124. The molecule has 0 aliphatic carbocycles. The van der Waals surface area contributed by atoms with E-state index in [1.54, 1.807) is 18.2 Å². The fourth-order valence-corrected chi connectivity index (χ4v) is 3.43. The molecule has 0 heterocycles. The Hall–Kier alpha value is -1.76. The van der Waals surface area contributed by atoms with Gasteiger partial charge in [0.05, 0.1) is 13.7 Å². The fraction of sp³-hybridized carbons (Fsp3) is 0.250. The number of hydrogen-bond donors (Lipinski definition) is 1. The maximum Gasteiger partial charge on any atom is 0.244 e. The van der Waals surface area contributed by atoms with E-state index in [0.717, 1.165) is 11.3 Å². The number of nitrogens with one attached hydrogen (secondary N) is 1. The van der Waals surface area contributed by atoms with Gasteiger partial charge in [-0.15, -0.1) is 0 Å². The van der Waals surface area contributed by atoms with Crippen LogP contribution in [0.25, 0.3) is 0 Å². The van der Waals surface area contributed by atoms with E-state index in [0.29, 0.717) is 11.6 Å². The second-order valence-electron chi connectivity index (χ2n) is 4.70. The first-order chi connectivity index (χ1) is 11.0. The minimum Gasteiger partial charge on any atom is -0.495 e. The molecule has 2 aromatic carbocycles. The highest BCUT2D eigenvalue weighted by molar-refractivity contribution is 7.89. The zero-order valence-electron chi connectivity index (χ0n) is 12.9. The Morgan fingerprint density at radius 2 is 1.83 bits per heavy atom. The number of hydrogen-bond acceptors (Lipinski definition) is 4. The van der Waals surface area contributed by atoms with Crippen LogP contribution in [0.3, 0.4) is 0 Å². The summed E-state index contributed by atoms with van der Waals surface area (Å²) in [5, 5.41) is 0.326. The second-order valence-corrected chi connectivity index (χ2v) is 6.87. The van der Waals surface area contributed by atoms with E-state index in [-0.39, 0.29) is 17.2 Å².